The standard InChI is InChI=1S/C23H28ClN3O2/c1-16-4-7-18(8-5-16)15-25-21(28)23(3)10-12-27(13-11-23)22(29)26-20-14-19(24)9-6-17(20)2/h4-9,14H,10-13,15H2,1-3H3,(H,25,28)(H,26,29). The maximum atomic E-state index is 12.8. The van der Waals surface area contributed by atoms with E-state index in [-0.39, 0.29) is 11.9 Å². The Labute approximate surface area is 177 Å². The van der Waals surface area contributed by atoms with Gasteiger partial charge in [-0.1, -0.05) is 54.4 Å². The summed E-state index contributed by atoms with van der Waals surface area (Å²) in [4.78, 5) is 27.1. The highest BCUT2D eigenvalue weighted by Gasteiger charge is 2.38. The van der Waals surface area contributed by atoms with Crippen LogP contribution in [-0.4, -0.2) is 29.9 Å². The quantitative estimate of drug-likeness (QED) is 0.748. The van der Waals surface area contributed by atoms with Gasteiger partial charge in [0.25, 0.3) is 0 Å². The number of rotatable bonds is 4. The molecule has 1 fully saturated rings. The average molecular weight is 414 g/mol. The van der Waals surface area contributed by atoms with E-state index in [1.165, 1.54) is 5.56 Å². The number of benzene rings is 2. The Bertz CT molecular complexity index is 887. The van der Waals surface area contributed by atoms with E-state index in [9.17, 15) is 9.59 Å². The van der Waals surface area contributed by atoms with Crippen molar-refractivity contribution < 1.29 is 9.59 Å². The highest BCUT2D eigenvalue weighted by atomic mass is 35.5. The van der Waals surface area contributed by atoms with Crippen LogP contribution in [-0.2, 0) is 11.3 Å². The molecule has 6 heteroatoms. The lowest BCUT2D eigenvalue weighted by atomic mass is 9.79. The molecule has 5 nitrogen and oxygen atoms in total. The number of anilines is 1. The van der Waals surface area contributed by atoms with Crippen molar-refractivity contribution in [2.45, 2.75) is 40.2 Å². The van der Waals surface area contributed by atoms with Crippen LogP contribution in [0.1, 0.15) is 36.5 Å². The van der Waals surface area contributed by atoms with Crippen LogP contribution in [0.5, 0.6) is 0 Å². The Balaban J connectivity index is 1.52. The predicted octanol–water partition coefficient (Wildman–Crippen LogP) is 4.91. The Morgan fingerprint density at radius 1 is 1.07 bits per heavy atom. The van der Waals surface area contributed by atoms with Crippen LogP contribution < -0.4 is 10.6 Å². The molecule has 0 atom stereocenters. The smallest absolute Gasteiger partial charge is 0.321 e. The van der Waals surface area contributed by atoms with Gasteiger partial charge in [0.1, 0.15) is 0 Å². The van der Waals surface area contributed by atoms with Crippen molar-refractivity contribution in [3.05, 3.63) is 64.2 Å². The van der Waals surface area contributed by atoms with Gasteiger partial charge in [-0.15, -0.1) is 0 Å². The Morgan fingerprint density at radius 2 is 1.72 bits per heavy atom. The second-order valence-electron chi connectivity index (χ2n) is 8.11. The molecule has 2 aromatic rings. The summed E-state index contributed by atoms with van der Waals surface area (Å²) in [7, 11) is 0. The van der Waals surface area contributed by atoms with Gasteiger partial charge in [-0.25, -0.2) is 4.79 Å². The maximum Gasteiger partial charge on any atom is 0.321 e. The molecule has 3 amide bonds. The minimum Gasteiger partial charge on any atom is -0.352 e. The van der Waals surface area contributed by atoms with Gasteiger partial charge >= 0.3 is 6.03 Å². The minimum atomic E-state index is -0.465. The van der Waals surface area contributed by atoms with Crippen molar-refractivity contribution in [3.8, 4) is 0 Å². The van der Waals surface area contributed by atoms with Crippen molar-refractivity contribution in [1.82, 2.24) is 10.2 Å². The fourth-order valence-corrected chi connectivity index (χ4v) is 3.63. The van der Waals surface area contributed by atoms with Gasteiger partial charge < -0.3 is 15.5 Å². The number of amides is 3. The first-order valence-corrected chi connectivity index (χ1v) is 10.3. The molecule has 0 saturated carbocycles. The van der Waals surface area contributed by atoms with E-state index in [2.05, 4.69) is 10.6 Å². The zero-order chi connectivity index (χ0) is 21.0. The van der Waals surface area contributed by atoms with Crippen LogP contribution in [0.15, 0.2) is 42.5 Å². The molecule has 0 radical (unpaired) electrons. The molecule has 0 unspecified atom stereocenters. The average Bonchev–Trinajstić information content (AvgIpc) is 2.70. The Kier molecular flexibility index (Phi) is 6.48. The van der Waals surface area contributed by atoms with Crippen LogP contribution in [0, 0.1) is 19.3 Å². The van der Waals surface area contributed by atoms with Gasteiger partial charge in [0, 0.05) is 35.8 Å². The van der Waals surface area contributed by atoms with Gasteiger partial charge in [-0.3, -0.25) is 4.79 Å². The molecule has 0 spiro atoms. The summed E-state index contributed by atoms with van der Waals surface area (Å²) >= 11 is 6.03. The van der Waals surface area contributed by atoms with E-state index in [0.29, 0.717) is 43.2 Å². The molecule has 1 aliphatic heterocycles. The lowest BCUT2D eigenvalue weighted by Gasteiger charge is -2.38. The number of halogens is 1. The third kappa shape index (κ3) is 5.30. The molecule has 29 heavy (non-hydrogen) atoms. The van der Waals surface area contributed by atoms with Crippen LogP contribution >= 0.6 is 11.6 Å². The van der Waals surface area contributed by atoms with Crippen LogP contribution in [0.2, 0.25) is 5.02 Å². The number of nitrogens with zero attached hydrogens (tertiary/aromatic N) is 1. The molecule has 1 saturated heterocycles. The van der Waals surface area contributed by atoms with Gasteiger partial charge in [0.05, 0.1) is 0 Å². The van der Waals surface area contributed by atoms with E-state index in [1.54, 1.807) is 17.0 Å². The molecule has 0 aromatic heterocycles. The normalized spacial score (nSPS) is 15.7. The number of hydrogen-bond acceptors (Lipinski definition) is 2. The van der Waals surface area contributed by atoms with Crippen LogP contribution in [0.4, 0.5) is 10.5 Å². The van der Waals surface area contributed by atoms with E-state index in [4.69, 9.17) is 11.6 Å². The molecule has 154 valence electrons. The predicted molar refractivity (Wildman–Crippen MR) is 117 cm³/mol. The van der Waals surface area contributed by atoms with Crippen molar-refractivity contribution in [1.29, 1.82) is 0 Å². The van der Waals surface area contributed by atoms with E-state index < -0.39 is 5.41 Å². The SMILES string of the molecule is Cc1ccc(CNC(=O)C2(C)CCN(C(=O)Nc3cc(Cl)ccc3C)CC2)cc1. The van der Waals surface area contributed by atoms with Crippen molar-refractivity contribution in [3.63, 3.8) is 0 Å². The summed E-state index contributed by atoms with van der Waals surface area (Å²) in [6.07, 6.45) is 1.27. The van der Waals surface area contributed by atoms with Gasteiger partial charge in [-0.05, 0) is 49.9 Å². The highest BCUT2D eigenvalue weighted by molar-refractivity contribution is 6.31. The molecule has 0 aliphatic carbocycles. The number of carbonyl (C=O) groups is 2. The fraction of sp³-hybridized carbons (Fsp3) is 0.391. The van der Waals surface area contributed by atoms with Crippen molar-refractivity contribution in [2.24, 2.45) is 5.41 Å². The molecule has 2 aromatic carbocycles. The lowest BCUT2D eigenvalue weighted by Crippen LogP contribution is -2.49. The topological polar surface area (TPSA) is 61.4 Å². The van der Waals surface area contributed by atoms with Gasteiger partial charge in [0.2, 0.25) is 5.91 Å². The molecule has 1 aliphatic rings. The number of carbonyl (C=O) groups excluding carboxylic acids is 2. The molecular weight excluding hydrogens is 386 g/mol. The van der Waals surface area contributed by atoms with Gasteiger partial charge in [-0.2, -0.15) is 0 Å². The largest absolute Gasteiger partial charge is 0.352 e. The summed E-state index contributed by atoms with van der Waals surface area (Å²) in [5, 5.41) is 6.57. The Morgan fingerprint density at radius 3 is 2.38 bits per heavy atom. The summed E-state index contributed by atoms with van der Waals surface area (Å²) in [6.45, 7) is 7.55. The fourth-order valence-electron chi connectivity index (χ4n) is 3.46. The lowest BCUT2D eigenvalue weighted by molar-refractivity contribution is -0.132. The molecule has 1 heterocycles. The number of piperidine rings is 1. The van der Waals surface area contributed by atoms with E-state index in [1.807, 2.05) is 51.1 Å². The molecule has 0 bridgehead atoms. The third-order valence-corrected chi connectivity index (χ3v) is 5.95. The second kappa shape index (κ2) is 8.87. The van der Waals surface area contributed by atoms with Crippen molar-refractivity contribution in [2.75, 3.05) is 18.4 Å². The third-order valence-electron chi connectivity index (χ3n) is 5.72. The zero-order valence-corrected chi connectivity index (χ0v) is 18.0. The zero-order valence-electron chi connectivity index (χ0n) is 17.2. The van der Waals surface area contributed by atoms with E-state index >= 15 is 0 Å². The summed E-state index contributed by atoms with van der Waals surface area (Å²) < 4.78 is 0. The minimum absolute atomic E-state index is 0.0452. The van der Waals surface area contributed by atoms with Crippen LogP contribution in [0.25, 0.3) is 0 Å². The molecular formula is C23H28ClN3O2. The first kappa shape index (κ1) is 21.2. The number of urea groups is 1. The highest BCUT2D eigenvalue weighted by Crippen LogP contribution is 2.32. The first-order chi connectivity index (χ1) is 13.8. The summed E-state index contributed by atoms with van der Waals surface area (Å²) in [5.74, 6) is 0.0452. The number of aryl methyl sites for hydroxylation is 2. The van der Waals surface area contributed by atoms with Gasteiger partial charge in [0.15, 0.2) is 0 Å². The monoisotopic (exact) mass is 413 g/mol. The summed E-state index contributed by atoms with van der Waals surface area (Å²) in [6, 6.07) is 13.4. The molecule has 3 rings (SSSR count). The summed E-state index contributed by atoms with van der Waals surface area (Å²) in [5.41, 5.74) is 3.49. The number of hydrogen-bond donors (Lipinski definition) is 2. The number of likely N-dealkylation sites (tertiary alicyclic amines) is 1. The maximum absolute atomic E-state index is 12.8. The van der Waals surface area contributed by atoms with E-state index in [0.717, 1.165) is 11.1 Å². The first-order valence-electron chi connectivity index (χ1n) is 9.93. The Hall–Kier alpha value is -2.53. The molecule has 2 N–H and O–H groups in total. The number of nitrogens with one attached hydrogen (secondary N) is 2. The van der Waals surface area contributed by atoms with Crippen LogP contribution in [0.3, 0.4) is 0 Å². The second-order valence-corrected chi connectivity index (χ2v) is 8.54. The van der Waals surface area contributed by atoms with Crippen molar-refractivity contribution >= 4 is 29.2 Å².